The maximum atomic E-state index is 6.19. The first-order chi connectivity index (χ1) is 17.9. The molecule has 0 aliphatic heterocycles. The summed E-state index contributed by atoms with van der Waals surface area (Å²) in [5.41, 5.74) is -0.724. The minimum absolute atomic E-state index is 0.239. The van der Waals surface area contributed by atoms with Gasteiger partial charge in [-0.25, -0.2) is 0 Å². The third-order valence-corrected chi connectivity index (χ3v) is 6.44. The summed E-state index contributed by atoms with van der Waals surface area (Å²) < 4.78 is 24.7. The Balaban J connectivity index is 1.58. The van der Waals surface area contributed by atoms with Gasteiger partial charge in [0.15, 0.2) is 0 Å². The van der Waals surface area contributed by atoms with Crippen LogP contribution in [0, 0.1) is 5.41 Å². The predicted molar refractivity (Wildman–Crippen MR) is 150 cm³/mol. The molecular weight excluding hydrogens is 554 g/mol. The van der Waals surface area contributed by atoms with E-state index in [4.69, 9.17) is 65.4 Å². The molecule has 192 valence electrons. The van der Waals surface area contributed by atoms with Crippen LogP contribution in [0.2, 0.25) is 20.1 Å². The Morgan fingerprint density at radius 1 is 0.351 bits per heavy atom. The Morgan fingerprint density at radius 2 is 0.541 bits per heavy atom. The lowest BCUT2D eigenvalue weighted by Gasteiger charge is -2.33. The molecule has 0 spiro atoms. The number of benzene rings is 4. The third kappa shape index (κ3) is 8.65. The molecule has 4 rings (SSSR count). The zero-order chi connectivity index (χ0) is 26.1. The summed E-state index contributed by atoms with van der Waals surface area (Å²) in [7, 11) is 0. The summed E-state index contributed by atoms with van der Waals surface area (Å²) in [5.74, 6) is 2.66. The van der Waals surface area contributed by atoms with Crippen molar-refractivity contribution in [2.24, 2.45) is 5.41 Å². The molecule has 4 nitrogen and oxygen atoms in total. The Bertz CT molecular complexity index is 1040. The van der Waals surface area contributed by atoms with Gasteiger partial charge in [0, 0.05) is 20.1 Å². The molecule has 0 N–H and O–H groups in total. The summed E-state index contributed by atoms with van der Waals surface area (Å²) in [6.45, 7) is 0.958. The molecule has 0 amide bonds. The van der Waals surface area contributed by atoms with E-state index in [-0.39, 0.29) is 26.4 Å². The molecular formula is C29H24Cl4O4. The minimum Gasteiger partial charge on any atom is -0.493 e. The second-order valence-electron chi connectivity index (χ2n) is 8.47. The van der Waals surface area contributed by atoms with Gasteiger partial charge in [0.2, 0.25) is 0 Å². The Labute approximate surface area is 236 Å². The standard InChI is InChI=1S/C29H24Cl4O4/c30-21-1-9-25(10-2-21)34-17-29(18-35-26-11-3-22(31)4-12-26,19-36-27-13-5-23(32)6-14-27)20-37-28-15-7-24(33)8-16-28/h1-16H,17-20H2. The molecule has 0 atom stereocenters. The van der Waals surface area contributed by atoms with E-state index in [9.17, 15) is 0 Å². The topological polar surface area (TPSA) is 36.9 Å². The van der Waals surface area contributed by atoms with Gasteiger partial charge in [-0.05, 0) is 97.1 Å². The van der Waals surface area contributed by atoms with Crippen molar-refractivity contribution in [3.8, 4) is 23.0 Å². The van der Waals surface area contributed by atoms with E-state index in [1.807, 2.05) is 48.5 Å². The highest BCUT2D eigenvalue weighted by Crippen LogP contribution is 2.28. The molecule has 0 saturated heterocycles. The minimum atomic E-state index is -0.724. The second-order valence-corrected chi connectivity index (χ2v) is 10.2. The highest BCUT2D eigenvalue weighted by atomic mass is 35.5. The average molecular weight is 578 g/mol. The first-order valence-corrected chi connectivity index (χ1v) is 12.9. The molecule has 0 heterocycles. The van der Waals surface area contributed by atoms with Crippen molar-refractivity contribution in [3.05, 3.63) is 117 Å². The highest BCUT2D eigenvalue weighted by Gasteiger charge is 2.36. The van der Waals surface area contributed by atoms with Crippen LogP contribution >= 0.6 is 46.4 Å². The molecule has 0 aliphatic carbocycles. The van der Waals surface area contributed by atoms with Gasteiger partial charge in [-0.3, -0.25) is 0 Å². The Kier molecular flexibility index (Phi) is 9.70. The van der Waals surface area contributed by atoms with Gasteiger partial charge in [-0.1, -0.05) is 46.4 Å². The van der Waals surface area contributed by atoms with Crippen molar-refractivity contribution >= 4 is 46.4 Å². The van der Waals surface area contributed by atoms with Crippen molar-refractivity contribution < 1.29 is 18.9 Å². The lowest BCUT2D eigenvalue weighted by atomic mass is 9.92. The molecule has 0 unspecified atom stereocenters. The number of hydrogen-bond donors (Lipinski definition) is 0. The number of halogens is 4. The Morgan fingerprint density at radius 3 is 0.730 bits per heavy atom. The van der Waals surface area contributed by atoms with Crippen molar-refractivity contribution in [2.75, 3.05) is 26.4 Å². The SMILES string of the molecule is Clc1ccc(OCC(COc2ccc(Cl)cc2)(COc2ccc(Cl)cc2)COc2ccc(Cl)cc2)cc1. The molecule has 8 heteroatoms. The van der Waals surface area contributed by atoms with Gasteiger partial charge in [0.05, 0.1) is 0 Å². The maximum absolute atomic E-state index is 6.19. The largest absolute Gasteiger partial charge is 0.493 e. The van der Waals surface area contributed by atoms with Crippen LogP contribution in [0.5, 0.6) is 23.0 Å². The van der Waals surface area contributed by atoms with Gasteiger partial charge in [-0.15, -0.1) is 0 Å². The van der Waals surface area contributed by atoms with Crippen LogP contribution < -0.4 is 18.9 Å². The van der Waals surface area contributed by atoms with Gasteiger partial charge in [-0.2, -0.15) is 0 Å². The summed E-state index contributed by atoms with van der Waals surface area (Å²) in [4.78, 5) is 0. The smallest absolute Gasteiger partial charge is 0.119 e. The van der Waals surface area contributed by atoms with E-state index >= 15 is 0 Å². The van der Waals surface area contributed by atoms with Crippen LogP contribution in [-0.2, 0) is 0 Å². The second kappa shape index (κ2) is 13.2. The number of ether oxygens (including phenoxy) is 4. The normalized spacial score (nSPS) is 11.1. The van der Waals surface area contributed by atoms with Gasteiger partial charge in [0.1, 0.15) is 54.8 Å². The maximum Gasteiger partial charge on any atom is 0.119 e. The molecule has 4 aromatic rings. The fraction of sp³-hybridized carbons (Fsp3) is 0.172. The van der Waals surface area contributed by atoms with Crippen molar-refractivity contribution in [2.45, 2.75) is 0 Å². The summed E-state index contributed by atoms with van der Waals surface area (Å²) in [6, 6.07) is 28.7. The van der Waals surface area contributed by atoms with Gasteiger partial charge >= 0.3 is 0 Å². The van der Waals surface area contributed by atoms with Crippen LogP contribution in [-0.4, -0.2) is 26.4 Å². The van der Waals surface area contributed by atoms with Crippen LogP contribution in [0.15, 0.2) is 97.1 Å². The molecule has 0 bridgehead atoms. The fourth-order valence-corrected chi connectivity index (χ4v) is 3.82. The van der Waals surface area contributed by atoms with Crippen LogP contribution in [0.3, 0.4) is 0 Å². The zero-order valence-electron chi connectivity index (χ0n) is 19.7. The molecule has 4 aromatic carbocycles. The van der Waals surface area contributed by atoms with Crippen LogP contribution in [0.4, 0.5) is 0 Å². The third-order valence-electron chi connectivity index (χ3n) is 5.43. The van der Waals surface area contributed by atoms with Gasteiger partial charge < -0.3 is 18.9 Å². The Hall–Kier alpha value is -2.76. The highest BCUT2D eigenvalue weighted by molar-refractivity contribution is 6.31. The summed E-state index contributed by atoms with van der Waals surface area (Å²) in [6.07, 6.45) is 0. The molecule has 37 heavy (non-hydrogen) atoms. The van der Waals surface area contributed by atoms with Crippen LogP contribution in [0.1, 0.15) is 0 Å². The van der Waals surface area contributed by atoms with Crippen molar-refractivity contribution in [1.82, 2.24) is 0 Å². The van der Waals surface area contributed by atoms with E-state index in [1.54, 1.807) is 48.5 Å². The lowest BCUT2D eigenvalue weighted by Crippen LogP contribution is -2.45. The van der Waals surface area contributed by atoms with E-state index in [0.29, 0.717) is 43.1 Å². The van der Waals surface area contributed by atoms with Crippen molar-refractivity contribution in [1.29, 1.82) is 0 Å². The molecule has 0 radical (unpaired) electrons. The molecule has 0 saturated carbocycles. The molecule has 0 aliphatic rings. The molecule has 0 fully saturated rings. The summed E-state index contributed by atoms with van der Waals surface area (Å²) >= 11 is 24.2. The van der Waals surface area contributed by atoms with E-state index in [0.717, 1.165) is 0 Å². The van der Waals surface area contributed by atoms with E-state index in [1.165, 1.54) is 0 Å². The van der Waals surface area contributed by atoms with Gasteiger partial charge in [0.25, 0.3) is 0 Å². The summed E-state index contributed by atoms with van der Waals surface area (Å²) in [5, 5.41) is 2.51. The van der Waals surface area contributed by atoms with Crippen LogP contribution in [0.25, 0.3) is 0 Å². The van der Waals surface area contributed by atoms with Crippen molar-refractivity contribution in [3.63, 3.8) is 0 Å². The predicted octanol–water partition coefficient (Wildman–Crippen LogP) is 8.90. The first-order valence-electron chi connectivity index (χ1n) is 11.4. The average Bonchev–Trinajstić information content (AvgIpc) is 2.91. The monoisotopic (exact) mass is 576 g/mol. The first kappa shape index (κ1) is 27.3. The van der Waals surface area contributed by atoms with E-state index < -0.39 is 5.41 Å². The van der Waals surface area contributed by atoms with E-state index in [2.05, 4.69) is 0 Å². The fourth-order valence-electron chi connectivity index (χ4n) is 3.32. The zero-order valence-corrected chi connectivity index (χ0v) is 22.7. The number of rotatable bonds is 12. The molecule has 0 aromatic heterocycles. The quantitative estimate of drug-likeness (QED) is 0.168. The number of hydrogen-bond acceptors (Lipinski definition) is 4. The lowest BCUT2D eigenvalue weighted by molar-refractivity contribution is -0.00351.